The summed E-state index contributed by atoms with van der Waals surface area (Å²) >= 11 is 0. The third-order valence-electron chi connectivity index (χ3n) is 6.07. The molecule has 208 valence electrons. The summed E-state index contributed by atoms with van der Waals surface area (Å²) in [7, 11) is 0. The van der Waals surface area contributed by atoms with Crippen LogP contribution >= 0.6 is 24.8 Å². The summed E-state index contributed by atoms with van der Waals surface area (Å²) in [5, 5.41) is 0. The van der Waals surface area contributed by atoms with Crippen molar-refractivity contribution in [1.29, 1.82) is 0 Å². The van der Waals surface area contributed by atoms with Gasteiger partial charge in [0.05, 0.1) is 13.1 Å². The van der Waals surface area contributed by atoms with Crippen LogP contribution in [0.4, 0.5) is 0 Å². The van der Waals surface area contributed by atoms with Gasteiger partial charge in [0.2, 0.25) is 0 Å². The number of unbranched alkanes of at least 4 members (excludes halogenated alkanes) is 18. The monoisotopic (exact) mass is 526 g/mol. The minimum Gasteiger partial charge on any atom is -0.324 e. The lowest BCUT2D eigenvalue weighted by molar-refractivity contribution is -0.118. The van der Waals surface area contributed by atoms with Crippen molar-refractivity contribution in [3.63, 3.8) is 0 Å². The lowest BCUT2D eigenvalue weighted by Gasteiger charge is -2.01. The first-order valence-corrected chi connectivity index (χ1v) is 14.1. The second-order valence-corrected chi connectivity index (χ2v) is 9.35. The molecule has 0 aromatic heterocycles. The predicted molar refractivity (Wildman–Crippen MR) is 156 cm³/mol. The first-order valence-electron chi connectivity index (χ1n) is 14.1. The van der Waals surface area contributed by atoms with Gasteiger partial charge in [-0.05, 0) is 12.8 Å². The van der Waals surface area contributed by atoms with Crippen LogP contribution in [0.1, 0.15) is 155 Å². The molecule has 4 nitrogen and oxygen atoms in total. The highest BCUT2D eigenvalue weighted by Gasteiger charge is 1.99. The molecule has 0 aliphatic rings. The molecule has 0 aliphatic carbocycles. The van der Waals surface area contributed by atoms with E-state index in [2.05, 4.69) is 13.8 Å². The van der Waals surface area contributed by atoms with E-state index in [4.69, 9.17) is 11.5 Å². The van der Waals surface area contributed by atoms with E-state index in [0.29, 0.717) is 12.8 Å². The normalized spacial score (nSPS) is 10.0. The van der Waals surface area contributed by atoms with Crippen molar-refractivity contribution in [2.24, 2.45) is 11.5 Å². The molecule has 6 heteroatoms. The van der Waals surface area contributed by atoms with E-state index >= 15 is 0 Å². The smallest absolute Gasteiger partial charge is 0.146 e. The predicted octanol–water partition coefficient (Wildman–Crippen LogP) is 8.49. The van der Waals surface area contributed by atoms with Crippen molar-refractivity contribution in [3.05, 3.63) is 0 Å². The van der Waals surface area contributed by atoms with Gasteiger partial charge in [-0.1, -0.05) is 129 Å². The number of carbonyl (C=O) groups excluding carboxylic acids is 2. The Morgan fingerprint density at radius 3 is 0.824 bits per heavy atom. The molecule has 0 unspecified atom stereocenters. The van der Waals surface area contributed by atoms with Crippen molar-refractivity contribution in [3.8, 4) is 0 Å². The van der Waals surface area contributed by atoms with Gasteiger partial charge in [-0.2, -0.15) is 0 Å². The standard InChI is InChI=1S/2C14H29NO.2ClH/c2*1-2-3-4-5-6-7-8-9-10-11-12-14(16)13-15;;/h2*2-13,15H2,1H3;2*1H. The van der Waals surface area contributed by atoms with Gasteiger partial charge in [-0.3, -0.25) is 9.59 Å². The Labute approximate surface area is 225 Å². The van der Waals surface area contributed by atoms with Crippen LogP contribution in [0.3, 0.4) is 0 Å². The van der Waals surface area contributed by atoms with Crippen molar-refractivity contribution >= 4 is 36.4 Å². The summed E-state index contributed by atoms with van der Waals surface area (Å²) in [6.45, 7) is 4.94. The quantitative estimate of drug-likeness (QED) is 0.123. The van der Waals surface area contributed by atoms with Crippen LogP contribution in [-0.4, -0.2) is 24.7 Å². The zero-order valence-electron chi connectivity index (χ0n) is 22.8. The topological polar surface area (TPSA) is 86.2 Å². The van der Waals surface area contributed by atoms with Crippen molar-refractivity contribution in [2.75, 3.05) is 13.1 Å². The fraction of sp³-hybridized carbons (Fsp3) is 0.929. The highest BCUT2D eigenvalue weighted by Crippen LogP contribution is 2.12. The molecule has 0 atom stereocenters. The van der Waals surface area contributed by atoms with Crippen molar-refractivity contribution in [1.82, 2.24) is 0 Å². The summed E-state index contributed by atoms with van der Waals surface area (Å²) in [6, 6.07) is 0. The van der Waals surface area contributed by atoms with Gasteiger partial charge in [-0.15, -0.1) is 24.8 Å². The Kier molecular flexibility index (Phi) is 45.1. The van der Waals surface area contributed by atoms with E-state index in [9.17, 15) is 9.59 Å². The lowest BCUT2D eigenvalue weighted by Crippen LogP contribution is -2.12. The molecule has 0 spiro atoms. The summed E-state index contributed by atoms with van der Waals surface area (Å²) in [5.74, 6) is 0.416. The van der Waals surface area contributed by atoms with Crippen molar-refractivity contribution in [2.45, 2.75) is 155 Å². The maximum Gasteiger partial charge on any atom is 0.146 e. The minimum atomic E-state index is 0. The van der Waals surface area contributed by atoms with Crippen LogP contribution < -0.4 is 11.5 Å². The number of hydrogen-bond donors (Lipinski definition) is 2. The minimum absolute atomic E-state index is 0. The number of Topliss-reactive ketones (excluding diaryl/α,β-unsaturated/α-hetero) is 2. The van der Waals surface area contributed by atoms with Gasteiger partial charge in [0, 0.05) is 12.8 Å². The number of nitrogens with two attached hydrogens (primary N) is 2. The molecular formula is C28H60Cl2N2O2. The Bertz CT molecular complexity index is 361. The molecular weight excluding hydrogens is 467 g/mol. The average molecular weight is 528 g/mol. The Balaban J connectivity index is -0.000000250. The maximum atomic E-state index is 10.9. The summed E-state index contributed by atoms with van der Waals surface area (Å²) < 4.78 is 0. The highest BCUT2D eigenvalue weighted by molar-refractivity contribution is 5.85. The second-order valence-electron chi connectivity index (χ2n) is 9.35. The fourth-order valence-electron chi connectivity index (χ4n) is 3.82. The lowest BCUT2D eigenvalue weighted by atomic mass is 10.1. The summed E-state index contributed by atoms with van der Waals surface area (Å²) in [5.41, 5.74) is 10.5. The zero-order chi connectivity index (χ0) is 24.1. The number of rotatable bonds is 24. The molecule has 0 saturated carbocycles. The number of halogens is 2. The molecule has 0 aromatic carbocycles. The Morgan fingerprint density at radius 1 is 0.412 bits per heavy atom. The van der Waals surface area contributed by atoms with E-state index < -0.39 is 0 Å². The SMILES string of the molecule is CCCCCCCCCCCCC(=O)CN.CCCCCCCCCCCCC(=O)CN.Cl.Cl. The van der Waals surface area contributed by atoms with Crippen LogP contribution in [0.25, 0.3) is 0 Å². The molecule has 0 aromatic rings. The van der Waals surface area contributed by atoms with Crippen LogP contribution in [0.15, 0.2) is 0 Å². The van der Waals surface area contributed by atoms with Gasteiger partial charge in [0.1, 0.15) is 11.6 Å². The van der Waals surface area contributed by atoms with E-state index in [1.807, 2.05) is 0 Å². The van der Waals surface area contributed by atoms with E-state index in [1.54, 1.807) is 0 Å². The first kappa shape index (κ1) is 41.0. The maximum absolute atomic E-state index is 10.9. The van der Waals surface area contributed by atoms with Gasteiger partial charge in [0.25, 0.3) is 0 Å². The Hall–Kier alpha value is -0.160. The average Bonchev–Trinajstić information content (AvgIpc) is 2.81. The second kappa shape index (κ2) is 37.4. The molecule has 0 saturated heterocycles. The van der Waals surface area contributed by atoms with E-state index in [1.165, 1.54) is 116 Å². The van der Waals surface area contributed by atoms with Crippen LogP contribution in [0.5, 0.6) is 0 Å². The van der Waals surface area contributed by atoms with Crippen LogP contribution in [0, 0.1) is 0 Å². The van der Waals surface area contributed by atoms with Gasteiger partial charge >= 0.3 is 0 Å². The largest absolute Gasteiger partial charge is 0.324 e. The Morgan fingerprint density at radius 2 is 0.618 bits per heavy atom. The number of hydrogen-bond acceptors (Lipinski definition) is 4. The molecule has 0 heterocycles. The number of ketones is 2. The van der Waals surface area contributed by atoms with E-state index in [-0.39, 0.29) is 49.5 Å². The molecule has 0 rings (SSSR count). The molecule has 0 bridgehead atoms. The molecule has 0 fully saturated rings. The van der Waals surface area contributed by atoms with Crippen LogP contribution in [-0.2, 0) is 9.59 Å². The summed E-state index contributed by atoms with van der Waals surface area (Å²) in [6.07, 6.45) is 27.6. The highest BCUT2D eigenvalue weighted by atomic mass is 35.5. The molecule has 0 amide bonds. The molecule has 0 radical (unpaired) electrons. The first-order chi connectivity index (χ1) is 15.6. The molecule has 34 heavy (non-hydrogen) atoms. The van der Waals surface area contributed by atoms with Crippen LogP contribution in [0.2, 0.25) is 0 Å². The number of carbonyl (C=O) groups is 2. The van der Waals surface area contributed by atoms with Crippen molar-refractivity contribution < 1.29 is 9.59 Å². The van der Waals surface area contributed by atoms with Gasteiger partial charge in [0.15, 0.2) is 0 Å². The summed E-state index contributed by atoms with van der Waals surface area (Å²) in [4.78, 5) is 21.8. The molecule has 0 aliphatic heterocycles. The van der Waals surface area contributed by atoms with Gasteiger partial charge in [-0.25, -0.2) is 0 Å². The van der Waals surface area contributed by atoms with Gasteiger partial charge < -0.3 is 11.5 Å². The zero-order valence-corrected chi connectivity index (χ0v) is 24.4. The fourth-order valence-corrected chi connectivity index (χ4v) is 3.82. The molecule has 4 N–H and O–H groups in total. The van der Waals surface area contributed by atoms with E-state index in [0.717, 1.165) is 12.8 Å². The third-order valence-corrected chi connectivity index (χ3v) is 6.07. The third kappa shape index (κ3) is 39.1.